The summed E-state index contributed by atoms with van der Waals surface area (Å²) < 4.78 is 39.0. The van der Waals surface area contributed by atoms with Crippen LogP contribution >= 0.6 is 11.6 Å². The molecule has 2 aromatic heterocycles. The Labute approximate surface area is 212 Å². The van der Waals surface area contributed by atoms with Gasteiger partial charge in [-0.2, -0.15) is 23.3 Å². The van der Waals surface area contributed by atoms with Crippen molar-refractivity contribution in [1.29, 1.82) is 0 Å². The molecule has 3 heterocycles. The molecule has 1 saturated heterocycles. The number of nitrogens with zero attached hydrogens (tertiary/aromatic N) is 4. The van der Waals surface area contributed by atoms with Crippen molar-refractivity contribution >= 4 is 34.9 Å². The van der Waals surface area contributed by atoms with Gasteiger partial charge in [-0.15, -0.1) is 0 Å². The van der Waals surface area contributed by atoms with Gasteiger partial charge in [-0.25, -0.2) is 4.98 Å². The van der Waals surface area contributed by atoms with Crippen LogP contribution in [0.5, 0.6) is 0 Å². The molecule has 1 aliphatic heterocycles. The Morgan fingerprint density at radius 2 is 1.94 bits per heavy atom. The smallest absolute Gasteiger partial charge is 0.382 e. The number of aromatic amines is 1. The molecule has 0 amide bonds. The zero-order chi connectivity index (χ0) is 26.0. The fraction of sp³-hybridized carbons (Fsp3) is 0.458. The second kappa shape index (κ2) is 10.6. The molecule has 0 saturated carbocycles. The lowest BCUT2D eigenvalue weighted by molar-refractivity contribution is -0.210. The van der Waals surface area contributed by atoms with Gasteiger partial charge in [0.25, 0.3) is 0 Å². The fourth-order valence-electron chi connectivity index (χ4n) is 4.46. The largest absolute Gasteiger partial charge is 0.415 e. The van der Waals surface area contributed by atoms with Crippen molar-refractivity contribution in [1.82, 2.24) is 25.1 Å². The molecular weight excluding hydrogens is 495 g/mol. The van der Waals surface area contributed by atoms with E-state index in [1.165, 1.54) is 6.20 Å². The van der Waals surface area contributed by atoms with Crippen molar-refractivity contribution in [3.63, 3.8) is 0 Å². The number of H-pyrrole nitrogens is 1. The topological polar surface area (TPSA) is 102 Å². The number of aromatic nitrogens is 4. The SMILES string of the molecule is Cc1cc(Nc2nc(Nc3cc(C)c(C4CCCCN4C[C@H](O)C(F)(F)F)cc3C)ncc2Cl)n[nH]1. The minimum Gasteiger partial charge on any atom is -0.382 e. The van der Waals surface area contributed by atoms with Crippen molar-refractivity contribution in [2.24, 2.45) is 0 Å². The van der Waals surface area contributed by atoms with Crippen LogP contribution in [-0.4, -0.2) is 55.5 Å². The Kier molecular flexibility index (Phi) is 7.72. The molecule has 36 heavy (non-hydrogen) atoms. The molecule has 0 bridgehead atoms. The average molecular weight is 524 g/mol. The van der Waals surface area contributed by atoms with Crippen molar-refractivity contribution in [2.75, 3.05) is 23.7 Å². The minimum atomic E-state index is -4.64. The normalized spacial score (nSPS) is 17.7. The van der Waals surface area contributed by atoms with Gasteiger partial charge in [0.2, 0.25) is 5.95 Å². The molecule has 4 N–H and O–H groups in total. The lowest BCUT2D eigenvalue weighted by Crippen LogP contribution is -2.44. The summed E-state index contributed by atoms with van der Waals surface area (Å²) in [6.45, 7) is 5.82. The molecule has 4 rings (SSSR count). The van der Waals surface area contributed by atoms with E-state index in [1.807, 2.05) is 39.0 Å². The van der Waals surface area contributed by atoms with E-state index < -0.39 is 18.8 Å². The number of likely N-dealkylation sites (tertiary alicyclic amines) is 1. The molecular formula is C24H29ClF3N7O. The lowest BCUT2D eigenvalue weighted by Gasteiger charge is -2.38. The van der Waals surface area contributed by atoms with Gasteiger partial charge in [-0.1, -0.05) is 24.1 Å². The fourth-order valence-corrected chi connectivity index (χ4v) is 4.60. The van der Waals surface area contributed by atoms with Gasteiger partial charge in [-0.05, 0) is 62.9 Å². The van der Waals surface area contributed by atoms with Crippen LogP contribution in [0, 0.1) is 20.8 Å². The molecule has 1 aliphatic rings. The number of β-amino-alcohol motifs (C(OH)–C–C–N with tert-alkyl or cyclic N) is 1. The molecule has 1 aromatic carbocycles. The third-order valence-electron chi connectivity index (χ3n) is 6.31. The van der Waals surface area contributed by atoms with Crippen LogP contribution in [0.2, 0.25) is 5.02 Å². The standard InChI is InChI=1S/C24H29ClF3N7O/c1-13-9-18(30-23-29-11-17(25)22(32-23)31-21-10-15(3)33-34-21)14(2)8-16(13)19-6-4-5-7-35(19)12-20(36)24(26,27)28/h8-11,19-20,36H,4-7,12H2,1-3H3,(H3,29,30,31,32,33,34)/t19?,20-/m0/s1. The molecule has 0 spiro atoms. The van der Waals surface area contributed by atoms with Crippen LogP contribution in [0.3, 0.4) is 0 Å². The van der Waals surface area contributed by atoms with Crippen molar-refractivity contribution in [2.45, 2.75) is 58.4 Å². The van der Waals surface area contributed by atoms with Crippen molar-refractivity contribution in [3.8, 4) is 0 Å². The summed E-state index contributed by atoms with van der Waals surface area (Å²) in [6.07, 6.45) is -3.05. The highest BCUT2D eigenvalue weighted by atomic mass is 35.5. The number of nitrogens with one attached hydrogen (secondary N) is 3. The minimum absolute atomic E-state index is 0.191. The predicted molar refractivity (Wildman–Crippen MR) is 133 cm³/mol. The number of piperidine rings is 1. The number of hydrogen-bond donors (Lipinski definition) is 4. The van der Waals surface area contributed by atoms with Gasteiger partial charge in [0, 0.05) is 30.0 Å². The summed E-state index contributed by atoms with van der Waals surface area (Å²) in [4.78, 5) is 10.5. The second-order valence-electron chi connectivity index (χ2n) is 9.16. The van der Waals surface area contributed by atoms with Crippen molar-refractivity contribution in [3.05, 3.63) is 51.8 Å². The van der Waals surface area contributed by atoms with E-state index in [1.54, 1.807) is 4.90 Å². The van der Waals surface area contributed by atoms with Crippen LogP contribution in [0.25, 0.3) is 0 Å². The number of aliphatic hydroxyl groups is 1. The van der Waals surface area contributed by atoms with E-state index >= 15 is 0 Å². The summed E-state index contributed by atoms with van der Waals surface area (Å²) >= 11 is 6.25. The summed E-state index contributed by atoms with van der Waals surface area (Å²) in [6, 6.07) is 5.56. The quantitative estimate of drug-likeness (QED) is 0.314. The number of anilines is 4. The molecule has 8 nitrogen and oxygen atoms in total. The van der Waals surface area contributed by atoms with Crippen LogP contribution in [0.1, 0.15) is 47.7 Å². The predicted octanol–water partition coefficient (Wildman–Crippen LogP) is 5.72. The first kappa shape index (κ1) is 26.2. The van der Waals surface area contributed by atoms with Gasteiger partial charge < -0.3 is 15.7 Å². The summed E-state index contributed by atoms with van der Waals surface area (Å²) in [5.74, 6) is 1.30. The molecule has 1 fully saturated rings. The Morgan fingerprint density at radius 3 is 2.64 bits per heavy atom. The van der Waals surface area contributed by atoms with Crippen molar-refractivity contribution < 1.29 is 18.3 Å². The molecule has 1 unspecified atom stereocenters. The number of rotatable bonds is 7. The molecule has 2 atom stereocenters. The van der Waals surface area contributed by atoms with Gasteiger partial charge >= 0.3 is 6.18 Å². The van der Waals surface area contributed by atoms with Gasteiger partial charge in [0.15, 0.2) is 17.7 Å². The Morgan fingerprint density at radius 1 is 1.17 bits per heavy atom. The molecule has 194 valence electrons. The first-order valence-electron chi connectivity index (χ1n) is 11.7. The van der Waals surface area contributed by atoms with Crippen LogP contribution < -0.4 is 10.6 Å². The van der Waals surface area contributed by atoms with E-state index in [0.717, 1.165) is 47.3 Å². The number of benzene rings is 1. The number of halogens is 4. The first-order valence-corrected chi connectivity index (χ1v) is 12.1. The number of hydrogen-bond acceptors (Lipinski definition) is 7. The maximum absolute atomic E-state index is 13.0. The van der Waals surface area contributed by atoms with E-state index in [2.05, 4.69) is 30.8 Å². The third-order valence-corrected chi connectivity index (χ3v) is 6.59. The molecule has 0 radical (unpaired) electrons. The highest BCUT2D eigenvalue weighted by Crippen LogP contribution is 2.37. The number of aliphatic hydroxyl groups excluding tert-OH is 1. The summed E-state index contributed by atoms with van der Waals surface area (Å²) in [5.41, 5.74) is 4.45. The average Bonchev–Trinajstić information content (AvgIpc) is 3.22. The van der Waals surface area contributed by atoms with Gasteiger partial charge in [0.1, 0.15) is 5.02 Å². The number of aryl methyl sites for hydroxylation is 3. The summed E-state index contributed by atoms with van der Waals surface area (Å²) in [7, 11) is 0. The van der Waals surface area contributed by atoms with E-state index in [9.17, 15) is 18.3 Å². The maximum atomic E-state index is 13.0. The molecule has 0 aliphatic carbocycles. The summed E-state index contributed by atoms with van der Waals surface area (Å²) in [5, 5.41) is 23.2. The van der Waals surface area contributed by atoms with Gasteiger partial charge in [0.05, 0.1) is 6.20 Å². The molecule has 3 aromatic rings. The van der Waals surface area contributed by atoms with Crippen LogP contribution in [0.15, 0.2) is 24.4 Å². The van der Waals surface area contributed by atoms with Gasteiger partial charge in [-0.3, -0.25) is 10.00 Å². The number of alkyl halides is 3. The highest BCUT2D eigenvalue weighted by Gasteiger charge is 2.40. The second-order valence-corrected chi connectivity index (χ2v) is 9.57. The van der Waals surface area contributed by atoms with Crippen LogP contribution in [0.4, 0.5) is 36.4 Å². The highest BCUT2D eigenvalue weighted by molar-refractivity contribution is 6.32. The van der Waals surface area contributed by atoms with E-state index in [0.29, 0.717) is 29.2 Å². The first-order chi connectivity index (χ1) is 17.0. The maximum Gasteiger partial charge on any atom is 0.415 e. The Bertz CT molecular complexity index is 1220. The van der Waals surface area contributed by atoms with E-state index in [-0.39, 0.29) is 6.04 Å². The Balaban J connectivity index is 1.54. The third kappa shape index (κ3) is 6.08. The lowest BCUT2D eigenvalue weighted by atomic mass is 9.90. The zero-order valence-electron chi connectivity index (χ0n) is 20.2. The van der Waals surface area contributed by atoms with Crippen LogP contribution in [-0.2, 0) is 0 Å². The zero-order valence-corrected chi connectivity index (χ0v) is 21.0. The van der Waals surface area contributed by atoms with E-state index in [4.69, 9.17) is 11.6 Å². The molecule has 12 heteroatoms. The Hall–Kier alpha value is -2.89. The monoisotopic (exact) mass is 523 g/mol.